The summed E-state index contributed by atoms with van der Waals surface area (Å²) in [5.41, 5.74) is 5.63. The molecule has 0 aromatic rings. The quantitative estimate of drug-likeness (QED) is 0.352. The smallest absolute Gasteiger partial charge is 0.226 e. The van der Waals surface area contributed by atoms with Gasteiger partial charge in [-0.05, 0) is 23.7 Å². The van der Waals surface area contributed by atoms with Crippen LogP contribution in [0.15, 0.2) is 5.16 Å². The van der Waals surface area contributed by atoms with Crippen molar-refractivity contribution in [2.45, 2.75) is 47.5 Å². The van der Waals surface area contributed by atoms with E-state index in [1.807, 2.05) is 11.8 Å². The minimum Gasteiger partial charge on any atom is -0.409 e. The van der Waals surface area contributed by atoms with Gasteiger partial charge in [-0.2, -0.15) is 0 Å². The number of carbonyl (C=O) groups excluding carboxylic acids is 1. The third-order valence-electron chi connectivity index (χ3n) is 6.17. The van der Waals surface area contributed by atoms with Gasteiger partial charge in [0.1, 0.15) is 5.84 Å². The van der Waals surface area contributed by atoms with Gasteiger partial charge >= 0.3 is 0 Å². The van der Waals surface area contributed by atoms with Crippen LogP contribution in [0.4, 0.5) is 0 Å². The van der Waals surface area contributed by atoms with E-state index < -0.39 is 0 Å². The van der Waals surface area contributed by atoms with E-state index >= 15 is 0 Å². The van der Waals surface area contributed by atoms with Crippen molar-refractivity contribution in [2.75, 3.05) is 13.1 Å². The number of carbonyl (C=O) groups is 1. The molecule has 1 heterocycles. The van der Waals surface area contributed by atoms with Crippen LogP contribution in [0.5, 0.6) is 0 Å². The first-order chi connectivity index (χ1) is 9.08. The van der Waals surface area contributed by atoms with Crippen molar-refractivity contribution < 1.29 is 10.0 Å². The van der Waals surface area contributed by atoms with Crippen molar-refractivity contribution in [3.8, 4) is 0 Å². The topological polar surface area (TPSA) is 78.9 Å². The Morgan fingerprint density at radius 3 is 1.95 bits per heavy atom. The molecule has 0 spiro atoms. The molecule has 114 valence electrons. The molecule has 2 fully saturated rings. The number of rotatable bonds is 2. The van der Waals surface area contributed by atoms with E-state index in [0.717, 1.165) is 12.8 Å². The number of hydrogen-bond acceptors (Lipinski definition) is 3. The van der Waals surface area contributed by atoms with E-state index in [2.05, 4.69) is 32.9 Å². The molecule has 0 aromatic heterocycles. The molecule has 1 saturated carbocycles. The van der Waals surface area contributed by atoms with E-state index in [9.17, 15) is 4.79 Å². The average molecular weight is 281 g/mol. The van der Waals surface area contributed by atoms with E-state index in [4.69, 9.17) is 10.9 Å². The Bertz CT molecular complexity index is 432. The van der Waals surface area contributed by atoms with Crippen LogP contribution in [0.1, 0.15) is 47.5 Å². The van der Waals surface area contributed by atoms with Crippen LogP contribution in [0.25, 0.3) is 0 Å². The maximum Gasteiger partial charge on any atom is 0.226 e. The summed E-state index contributed by atoms with van der Waals surface area (Å²) < 4.78 is 0. The van der Waals surface area contributed by atoms with Gasteiger partial charge in [0.2, 0.25) is 5.91 Å². The van der Waals surface area contributed by atoms with Crippen LogP contribution in [-0.4, -0.2) is 34.9 Å². The number of oxime groups is 1. The summed E-state index contributed by atoms with van der Waals surface area (Å²) in [4.78, 5) is 14.6. The number of piperidine rings is 1. The fourth-order valence-corrected chi connectivity index (χ4v) is 3.59. The maximum atomic E-state index is 12.7. The summed E-state index contributed by atoms with van der Waals surface area (Å²) in [7, 11) is 0. The summed E-state index contributed by atoms with van der Waals surface area (Å²) >= 11 is 0. The van der Waals surface area contributed by atoms with Crippen LogP contribution in [0, 0.1) is 22.2 Å². The van der Waals surface area contributed by atoms with Crippen LogP contribution in [-0.2, 0) is 4.79 Å². The molecule has 0 aromatic carbocycles. The SMILES string of the molecule is CC1(C(N)=NO)CCN(C(=O)C2C(C)(C)C2(C)C)CC1. The molecule has 1 aliphatic heterocycles. The summed E-state index contributed by atoms with van der Waals surface area (Å²) in [6.45, 7) is 12.0. The molecule has 0 bridgehead atoms. The zero-order valence-corrected chi connectivity index (χ0v) is 13.2. The fraction of sp³-hybridized carbons (Fsp3) is 0.867. The summed E-state index contributed by atoms with van der Waals surface area (Å²) in [5.74, 6) is 0.654. The van der Waals surface area contributed by atoms with Crippen molar-refractivity contribution in [1.29, 1.82) is 0 Å². The lowest BCUT2D eigenvalue weighted by Gasteiger charge is -2.38. The molecular formula is C15H27N3O2. The van der Waals surface area contributed by atoms with Gasteiger partial charge in [0.25, 0.3) is 0 Å². The summed E-state index contributed by atoms with van der Waals surface area (Å²) in [6, 6.07) is 0. The predicted octanol–water partition coefficient (Wildman–Crippen LogP) is 2.04. The standard InChI is InChI=1S/C15H27N3O2/c1-13(2)10(14(13,3)4)11(19)18-8-6-15(5,7-9-18)12(16)17-20/h10,20H,6-9H2,1-5H3,(H2,16,17). The Labute approximate surface area is 121 Å². The van der Waals surface area contributed by atoms with Crippen LogP contribution in [0.2, 0.25) is 0 Å². The highest BCUT2D eigenvalue weighted by atomic mass is 16.4. The second kappa shape index (κ2) is 4.37. The number of amidine groups is 1. The van der Waals surface area contributed by atoms with E-state index in [0.29, 0.717) is 13.1 Å². The Morgan fingerprint density at radius 2 is 1.60 bits per heavy atom. The predicted molar refractivity (Wildman–Crippen MR) is 78.4 cm³/mol. The van der Waals surface area contributed by atoms with Crippen LogP contribution >= 0.6 is 0 Å². The highest BCUT2D eigenvalue weighted by Gasteiger charge is 2.68. The maximum absolute atomic E-state index is 12.7. The average Bonchev–Trinajstić information content (AvgIpc) is 2.78. The minimum atomic E-state index is -0.292. The molecule has 0 atom stereocenters. The normalized spacial score (nSPS) is 28.2. The van der Waals surface area contributed by atoms with Crippen molar-refractivity contribution >= 4 is 11.7 Å². The highest BCUT2D eigenvalue weighted by molar-refractivity contribution is 5.87. The Hall–Kier alpha value is -1.26. The largest absolute Gasteiger partial charge is 0.409 e. The van der Waals surface area contributed by atoms with Gasteiger partial charge in [0.05, 0.1) is 0 Å². The summed E-state index contributed by atoms with van der Waals surface area (Å²) in [5, 5.41) is 12.0. The highest BCUT2D eigenvalue weighted by Crippen LogP contribution is 2.68. The molecule has 3 N–H and O–H groups in total. The molecular weight excluding hydrogens is 254 g/mol. The number of likely N-dealkylation sites (tertiary alicyclic amines) is 1. The number of amides is 1. The van der Waals surface area contributed by atoms with Crippen molar-refractivity contribution in [1.82, 2.24) is 4.90 Å². The van der Waals surface area contributed by atoms with E-state index in [1.54, 1.807) is 0 Å². The van der Waals surface area contributed by atoms with Gasteiger partial charge in [-0.15, -0.1) is 0 Å². The monoisotopic (exact) mass is 281 g/mol. The summed E-state index contributed by atoms with van der Waals surface area (Å²) in [6.07, 6.45) is 1.50. The zero-order chi connectivity index (χ0) is 15.3. The second-order valence-corrected chi connectivity index (χ2v) is 7.75. The van der Waals surface area contributed by atoms with Gasteiger partial charge in [0, 0.05) is 24.4 Å². The molecule has 5 heteroatoms. The molecule has 2 aliphatic rings. The lowest BCUT2D eigenvalue weighted by molar-refractivity contribution is -0.135. The zero-order valence-electron chi connectivity index (χ0n) is 13.2. The first-order valence-corrected chi connectivity index (χ1v) is 7.35. The second-order valence-electron chi connectivity index (χ2n) is 7.75. The molecule has 5 nitrogen and oxygen atoms in total. The fourth-order valence-electron chi connectivity index (χ4n) is 3.59. The number of nitrogens with two attached hydrogens (primary N) is 1. The number of nitrogens with zero attached hydrogens (tertiary/aromatic N) is 2. The molecule has 1 aliphatic carbocycles. The lowest BCUT2D eigenvalue weighted by Crippen LogP contribution is -2.48. The Kier molecular flexibility index (Phi) is 3.30. The first-order valence-electron chi connectivity index (χ1n) is 7.35. The van der Waals surface area contributed by atoms with Gasteiger partial charge < -0.3 is 15.8 Å². The third kappa shape index (κ3) is 1.98. The van der Waals surface area contributed by atoms with E-state index in [-0.39, 0.29) is 33.9 Å². The molecule has 20 heavy (non-hydrogen) atoms. The number of hydrogen-bond donors (Lipinski definition) is 2. The van der Waals surface area contributed by atoms with Gasteiger partial charge in [-0.1, -0.05) is 39.8 Å². The van der Waals surface area contributed by atoms with Crippen molar-refractivity contribution in [3.63, 3.8) is 0 Å². The van der Waals surface area contributed by atoms with E-state index in [1.165, 1.54) is 0 Å². The van der Waals surface area contributed by atoms with Gasteiger partial charge in [0.15, 0.2) is 0 Å². The first kappa shape index (κ1) is 15.1. The third-order valence-corrected chi connectivity index (χ3v) is 6.17. The Morgan fingerprint density at radius 1 is 1.15 bits per heavy atom. The van der Waals surface area contributed by atoms with Crippen molar-refractivity contribution in [2.24, 2.45) is 33.1 Å². The van der Waals surface area contributed by atoms with Crippen LogP contribution < -0.4 is 5.73 Å². The Balaban J connectivity index is 2.01. The van der Waals surface area contributed by atoms with Gasteiger partial charge in [-0.3, -0.25) is 4.79 Å². The molecule has 2 rings (SSSR count). The molecule has 1 saturated heterocycles. The molecule has 1 amide bonds. The van der Waals surface area contributed by atoms with Crippen LogP contribution in [0.3, 0.4) is 0 Å². The minimum absolute atomic E-state index is 0.0798. The molecule has 0 unspecified atom stereocenters. The van der Waals surface area contributed by atoms with Gasteiger partial charge in [-0.25, -0.2) is 0 Å². The van der Waals surface area contributed by atoms with Crippen molar-refractivity contribution in [3.05, 3.63) is 0 Å². The lowest BCUT2D eigenvalue weighted by atomic mass is 9.79. The molecule has 0 radical (unpaired) electrons.